The summed E-state index contributed by atoms with van der Waals surface area (Å²) in [7, 11) is 0. The number of hydrogen-bond acceptors (Lipinski definition) is 3. The number of aliphatic imine (C=N–C) groups is 1. The number of thioether (sulfide) groups is 1. The minimum Gasteiger partial charge on any atom is -0.396 e. The largest absolute Gasteiger partial charge is 0.396 e. The molecule has 62 valence electrons. The van der Waals surface area contributed by atoms with E-state index in [9.17, 15) is 4.39 Å². The third-order valence-electron chi connectivity index (χ3n) is 1.62. The van der Waals surface area contributed by atoms with E-state index in [1.807, 2.05) is 0 Å². The molecule has 1 aliphatic heterocycles. The van der Waals surface area contributed by atoms with Gasteiger partial charge < -0.3 is 5.73 Å². The maximum absolute atomic E-state index is 12.9. The van der Waals surface area contributed by atoms with Gasteiger partial charge in [-0.05, 0) is 12.1 Å². The molecular formula is C8H7FN2S. The van der Waals surface area contributed by atoms with E-state index in [2.05, 4.69) is 4.99 Å². The fraction of sp³-hybridized carbons (Fsp3) is 0.125. The molecule has 1 heterocycles. The van der Waals surface area contributed by atoms with E-state index < -0.39 is 0 Å². The average molecular weight is 182 g/mol. The first-order valence-corrected chi connectivity index (χ1v) is 4.50. The summed E-state index contributed by atoms with van der Waals surface area (Å²) >= 11 is 1.57. The number of fused-ring (bicyclic) bond motifs is 1. The minimum absolute atomic E-state index is 0.161. The Hall–Kier alpha value is -1.03. The molecule has 2 N–H and O–H groups in total. The second kappa shape index (κ2) is 2.79. The van der Waals surface area contributed by atoms with E-state index in [-0.39, 0.29) is 11.5 Å². The number of nitrogens with zero attached hydrogens (tertiary/aromatic N) is 1. The molecule has 0 saturated carbocycles. The Morgan fingerprint density at radius 2 is 2.33 bits per heavy atom. The summed E-state index contributed by atoms with van der Waals surface area (Å²) in [4.78, 5) is 4.97. The molecule has 4 heteroatoms. The zero-order valence-electron chi connectivity index (χ0n) is 6.25. The Kier molecular flexibility index (Phi) is 1.77. The lowest BCUT2D eigenvalue weighted by atomic mass is 10.2. The summed E-state index contributed by atoms with van der Waals surface area (Å²) in [6, 6.07) is 3.00. The molecule has 2 nitrogen and oxygen atoms in total. The molecule has 0 fully saturated rings. The normalized spacial score (nSPS) is 14.4. The van der Waals surface area contributed by atoms with Gasteiger partial charge in [-0.2, -0.15) is 0 Å². The van der Waals surface area contributed by atoms with Crippen molar-refractivity contribution in [1.82, 2.24) is 0 Å². The van der Waals surface area contributed by atoms with Crippen LogP contribution in [0.3, 0.4) is 0 Å². The number of nitrogens with two attached hydrogens (primary N) is 1. The maximum Gasteiger partial charge on any atom is 0.147 e. The molecule has 0 atom stereocenters. The molecule has 1 aromatic carbocycles. The highest BCUT2D eigenvalue weighted by Gasteiger charge is 2.09. The number of hydrogen-bond donors (Lipinski definition) is 1. The number of halogens is 1. The molecule has 1 aromatic rings. The molecule has 0 bridgehead atoms. The van der Waals surface area contributed by atoms with Crippen LogP contribution in [0.15, 0.2) is 22.0 Å². The highest BCUT2D eigenvalue weighted by atomic mass is 32.2. The highest BCUT2D eigenvalue weighted by molar-refractivity contribution is 8.00. The van der Waals surface area contributed by atoms with Gasteiger partial charge in [0.05, 0.1) is 11.4 Å². The van der Waals surface area contributed by atoms with Crippen LogP contribution in [0.5, 0.6) is 0 Å². The van der Waals surface area contributed by atoms with Crippen LogP contribution in [0.1, 0.15) is 0 Å². The second-order valence-corrected chi connectivity index (χ2v) is 3.53. The smallest absolute Gasteiger partial charge is 0.147 e. The molecule has 1 aliphatic rings. The number of anilines is 1. The number of rotatable bonds is 0. The van der Waals surface area contributed by atoms with Crippen LogP contribution >= 0.6 is 11.8 Å². The van der Waals surface area contributed by atoms with Crippen molar-refractivity contribution in [3.63, 3.8) is 0 Å². The fourth-order valence-electron chi connectivity index (χ4n) is 1.04. The Labute approximate surface area is 73.7 Å². The predicted molar refractivity (Wildman–Crippen MR) is 49.7 cm³/mol. The molecular weight excluding hydrogens is 175 g/mol. The van der Waals surface area contributed by atoms with Gasteiger partial charge in [-0.3, -0.25) is 4.99 Å². The van der Waals surface area contributed by atoms with Crippen LogP contribution < -0.4 is 5.73 Å². The monoisotopic (exact) mass is 182 g/mol. The van der Waals surface area contributed by atoms with Crippen LogP contribution in [0.2, 0.25) is 0 Å². The molecule has 0 amide bonds. The van der Waals surface area contributed by atoms with Gasteiger partial charge >= 0.3 is 0 Å². The minimum atomic E-state index is -0.363. The third kappa shape index (κ3) is 1.18. The van der Waals surface area contributed by atoms with Crippen molar-refractivity contribution in [3.05, 3.63) is 17.9 Å². The molecule has 2 rings (SSSR count). The van der Waals surface area contributed by atoms with Gasteiger partial charge in [-0.1, -0.05) is 0 Å². The Balaban J connectivity index is 2.58. The Morgan fingerprint density at radius 3 is 3.17 bits per heavy atom. The lowest BCUT2D eigenvalue weighted by Crippen LogP contribution is -1.94. The maximum atomic E-state index is 12.9. The lowest BCUT2D eigenvalue weighted by Gasteiger charge is -2.09. The standard InChI is InChI=1S/C8H7FN2S/c9-5-3-8-7(4-6(5)10)11-1-2-12-8/h1,3-4H,2,10H2. The first-order chi connectivity index (χ1) is 5.77. The van der Waals surface area contributed by atoms with Crippen LogP contribution in [0.4, 0.5) is 15.8 Å². The molecule has 0 aromatic heterocycles. The average Bonchev–Trinajstić information content (AvgIpc) is 2.07. The summed E-state index contributed by atoms with van der Waals surface area (Å²) in [5.74, 6) is 0.439. The predicted octanol–water partition coefficient (Wildman–Crippen LogP) is 2.22. The van der Waals surface area contributed by atoms with Gasteiger partial charge in [0.1, 0.15) is 5.82 Å². The highest BCUT2D eigenvalue weighted by Crippen LogP contribution is 2.34. The lowest BCUT2D eigenvalue weighted by molar-refractivity contribution is 0.629. The summed E-state index contributed by atoms with van der Waals surface area (Å²) in [5.41, 5.74) is 6.31. The number of benzene rings is 1. The third-order valence-corrected chi connectivity index (χ3v) is 2.58. The SMILES string of the molecule is Nc1cc2c(cc1F)SCC=N2. The quantitative estimate of drug-likeness (QED) is 0.625. The van der Waals surface area contributed by atoms with Crippen molar-refractivity contribution in [2.75, 3.05) is 11.5 Å². The molecule has 0 unspecified atom stereocenters. The van der Waals surface area contributed by atoms with E-state index in [0.29, 0.717) is 0 Å². The summed E-state index contributed by atoms with van der Waals surface area (Å²) in [6.45, 7) is 0. The van der Waals surface area contributed by atoms with Crippen molar-refractivity contribution < 1.29 is 4.39 Å². The van der Waals surface area contributed by atoms with E-state index in [1.165, 1.54) is 6.07 Å². The fourth-order valence-corrected chi connectivity index (χ4v) is 1.81. The van der Waals surface area contributed by atoms with Crippen LogP contribution in [0, 0.1) is 5.82 Å². The van der Waals surface area contributed by atoms with Gasteiger partial charge in [0.2, 0.25) is 0 Å². The Morgan fingerprint density at radius 1 is 1.50 bits per heavy atom. The van der Waals surface area contributed by atoms with E-state index in [4.69, 9.17) is 5.73 Å². The van der Waals surface area contributed by atoms with Crippen LogP contribution in [0.25, 0.3) is 0 Å². The number of nitrogen functional groups attached to an aromatic ring is 1. The second-order valence-electron chi connectivity index (χ2n) is 2.46. The van der Waals surface area contributed by atoms with E-state index in [1.54, 1.807) is 24.0 Å². The first-order valence-electron chi connectivity index (χ1n) is 3.52. The molecule has 0 aliphatic carbocycles. The van der Waals surface area contributed by atoms with Crippen LogP contribution in [-0.4, -0.2) is 12.0 Å². The van der Waals surface area contributed by atoms with Crippen molar-refractivity contribution in [2.45, 2.75) is 4.90 Å². The zero-order chi connectivity index (χ0) is 8.55. The molecule has 0 spiro atoms. The summed E-state index contributed by atoms with van der Waals surface area (Å²) in [6.07, 6.45) is 1.80. The van der Waals surface area contributed by atoms with Gasteiger partial charge in [0.25, 0.3) is 0 Å². The van der Waals surface area contributed by atoms with Crippen molar-refractivity contribution in [1.29, 1.82) is 0 Å². The summed E-state index contributed by atoms with van der Waals surface area (Å²) in [5, 5.41) is 0. The molecule has 0 saturated heterocycles. The van der Waals surface area contributed by atoms with Crippen molar-refractivity contribution in [2.24, 2.45) is 4.99 Å². The van der Waals surface area contributed by atoms with Gasteiger partial charge in [0.15, 0.2) is 0 Å². The first kappa shape index (κ1) is 7.61. The topological polar surface area (TPSA) is 38.4 Å². The van der Waals surface area contributed by atoms with Crippen LogP contribution in [-0.2, 0) is 0 Å². The Bertz CT molecular complexity index is 349. The zero-order valence-corrected chi connectivity index (χ0v) is 7.07. The van der Waals surface area contributed by atoms with Gasteiger partial charge in [0, 0.05) is 16.9 Å². The summed E-state index contributed by atoms with van der Waals surface area (Å²) < 4.78 is 12.9. The van der Waals surface area contributed by atoms with Gasteiger partial charge in [-0.15, -0.1) is 11.8 Å². The van der Waals surface area contributed by atoms with Crippen molar-refractivity contribution in [3.8, 4) is 0 Å². The van der Waals surface area contributed by atoms with E-state index >= 15 is 0 Å². The van der Waals surface area contributed by atoms with Gasteiger partial charge in [-0.25, -0.2) is 4.39 Å². The van der Waals surface area contributed by atoms with Crippen molar-refractivity contribution >= 4 is 29.4 Å². The van der Waals surface area contributed by atoms with E-state index in [0.717, 1.165) is 16.3 Å². The molecule has 12 heavy (non-hydrogen) atoms. The molecule has 0 radical (unpaired) electrons.